The van der Waals surface area contributed by atoms with Gasteiger partial charge in [-0.3, -0.25) is 0 Å². The van der Waals surface area contributed by atoms with Crippen LogP contribution < -0.4 is 0 Å². The highest BCUT2D eigenvalue weighted by Gasteiger charge is 2.56. The summed E-state index contributed by atoms with van der Waals surface area (Å²) in [7, 11) is 0. The van der Waals surface area contributed by atoms with Crippen molar-refractivity contribution in [1.29, 1.82) is 0 Å². The molecule has 2 fully saturated rings. The third kappa shape index (κ3) is 1.05. The maximum Gasteiger partial charge on any atom is 0.184 e. The van der Waals surface area contributed by atoms with Crippen LogP contribution in [0.1, 0.15) is 0 Å². The highest BCUT2D eigenvalue weighted by Crippen LogP contribution is 2.36. The molecule has 2 aliphatic heterocycles. The third-order valence-corrected chi connectivity index (χ3v) is 2.05. The van der Waals surface area contributed by atoms with Crippen molar-refractivity contribution < 1.29 is 24.8 Å². The lowest BCUT2D eigenvalue weighted by molar-refractivity contribution is -0.194. The van der Waals surface area contributed by atoms with Crippen LogP contribution in [0.3, 0.4) is 0 Å². The van der Waals surface area contributed by atoms with E-state index in [0.29, 0.717) is 0 Å². The lowest BCUT2D eigenvalue weighted by Crippen LogP contribution is -2.46. The zero-order chi connectivity index (χ0) is 8.01. The van der Waals surface area contributed by atoms with Crippen molar-refractivity contribution in [3.63, 3.8) is 0 Å². The monoisotopic (exact) mass is 162 g/mol. The Labute approximate surface area is 63.2 Å². The Morgan fingerprint density at radius 2 is 1.82 bits per heavy atom. The lowest BCUT2D eigenvalue weighted by atomic mass is 10.1. The smallest absolute Gasteiger partial charge is 0.184 e. The molecule has 5 nitrogen and oxygen atoms in total. The van der Waals surface area contributed by atoms with Gasteiger partial charge in [-0.1, -0.05) is 0 Å². The van der Waals surface area contributed by atoms with E-state index in [2.05, 4.69) is 0 Å². The Balaban J connectivity index is 2.02. The van der Waals surface area contributed by atoms with Gasteiger partial charge in [0.05, 0.1) is 6.61 Å². The average molecular weight is 162 g/mol. The zero-order valence-corrected chi connectivity index (χ0v) is 5.75. The fraction of sp³-hybridized carbons (Fsp3) is 1.00. The van der Waals surface area contributed by atoms with Crippen molar-refractivity contribution >= 4 is 0 Å². The van der Waals surface area contributed by atoms with Crippen LogP contribution >= 0.6 is 0 Å². The number of rotatable bonds is 1. The summed E-state index contributed by atoms with van der Waals surface area (Å²) in [4.78, 5) is 0. The molecular formula is C6H10O5. The first-order valence-corrected chi connectivity index (χ1v) is 3.52. The number of hydrogen-bond acceptors (Lipinski definition) is 5. The van der Waals surface area contributed by atoms with Crippen LogP contribution in [0.15, 0.2) is 0 Å². The quantitative estimate of drug-likeness (QED) is 0.382. The molecule has 2 saturated heterocycles. The van der Waals surface area contributed by atoms with Gasteiger partial charge >= 0.3 is 0 Å². The van der Waals surface area contributed by atoms with Crippen LogP contribution in [0.25, 0.3) is 0 Å². The first-order valence-electron chi connectivity index (χ1n) is 3.52. The van der Waals surface area contributed by atoms with Gasteiger partial charge in [0.15, 0.2) is 6.29 Å². The van der Waals surface area contributed by atoms with Crippen molar-refractivity contribution in [3.8, 4) is 0 Å². The fourth-order valence-electron chi connectivity index (χ4n) is 1.34. The first kappa shape index (κ1) is 7.45. The maximum atomic E-state index is 9.28. The molecule has 3 N–H and O–H groups in total. The number of ether oxygens (including phenoxy) is 2. The van der Waals surface area contributed by atoms with E-state index < -0.39 is 24.6 Å². The molecular weight excluding hydrogens is 152 g/mol. The summed E-state index contributed by atoms with van der Waals surface area (Å²) < 4.78 is 9.73. The van der Waals surface area contributed by atoms with Crippen LogP contribution in [0.5, 0.6) is 0 Å². The molecule has 2 heterocycles. The van der Waals surface area contributed by atoms with E-state index >= 15 is 0 Å². The van der Waals surface area contributed by atoms with Gasteiger partial charge in [0.1, 0.15) is 24.4 Å². The van der Waals surface area contributed by atoms with Crippen LogP contribution in [0.2, 0.25) is 0 Å². The molecule has 0 aromatic carbocycles. The standard InChI is InChI=1S/C6H10O5/c7-1-2-3(8)4-5(11-4)6(9)10-2/h2-9H,1H2/t2-,3-,4-,5-,6+/m1/s1. The minimum Gasteiger partial charge on any atom is -0.394 e. The molecule has 0 aromatic rings. The van der Waals surface area contributed by atoms with Gasteiger partial charge in [-0.25, -0.2) is 0 Å². The number of aliphatic hydroxyl groups is 3. The Morgan fingerprint density at radius 1 is 1.09 bits per heavy atom. The number of hydrogen-bond donors (Lipinski definition) is 3. The summed E-state index contributed by atoms with van der Waals surface area (Å²) in [6, 6.07) is 0. The van der Waals surface area contributed by atoms with E-state index in [1.165, 1.54) is 0 Å². The second-order valence-corrected chi connectivity index (χ2v) is 2.80. The maximum absolute atomic E-state index is 9.28. The van der Waals surface area contributed by atoms with Gasteiger partial charge in [-0.2, -0.15) is 0 Å². The largest absolute Gasteiger partial charge is 0.394 e. The van der Waals surface area contributed by atoms with E-state index in [9.17, 15) is 5.11 Å². The Morgan fingerprint density at radius 3 is 2.45 bits per heavy atom. The van der Waals surface area contributed by atoms with Crippen molar-refractivity contribution in [2.24, 2.45) is 0 Å². The molecule has 0 unspecified atom stereocenters. The van der Waals surface area contributed by atoms with Crippen molar-refractivity contribution in [2.45, 2.75) is 30.7 Å². The first-order chi connectivity index (χ1) is 5.24. The highest BCUT2D eigenvalue weighted by atomic mass is 16.7. The van der Waals surface area contributed by atoms with E-state index in [-0.39, 0.29) is 12.7 Å². The summed E-state index contributed by atoms with van der Waals surface area (Å²) in [6.07, 6.45) is -3.27. The Bertz CT molecular complexity index is 161. The van der Waals surface area contributed by atoms with Gasteiger partial charge in [0.25, 0.3) is 0 Å². The molecule has 0 spiro atoms. The number of epoxide rings is 1. The second kappa shape index (κ2) is 2.40. The Kier molecular flexibility index (Phi) is 1.62. The lowest BCUT2D eigenvalue weighted by Gasteiger charge is -2.26. The SMILES string of the molecule is OC[C@H]1O[C@H](O)[C@@H]2O[C@@H]2[C@@H]1O. The van der Waals surface area contributed by atoms with Crippen LogP contribution in [-0.4, -0.2) is 52.6 Å². The summed E-state index contributed by atoms with van der Waals surface area (Å²) in [5.74, 6) is 0. The van der Waals surface area contributed by atoms with Gasteiger partial charge in [0, 0.05) is 0 Å². The summed E-state index contributed by atoms with van der Waals surface area (Å²) in [5.41, 5.74) is 0. The predicted molar refractivity (Wildman–Crippen MR) is 32.6 cm³/mol. The third-order valence-electron chi connectivity index (χ3n) is 2.05. The topological polar surface area (TPSA) is 82.5 Å². The Hall–Kier alpha value is -0.200. The minimum atomic E-state index is -0.999. The molecule has 5 atom stereocenters. The van der Waals surface area contributed by atoms with Gasteiger partial charge in [-0.05, 0) is 0 Å². The van der Waals surface area contributed by atoms with Gasteiger partial charge in [-0.15, -0.1) is 0 Å². The number of aliphatic hydroxyl groups excluding tert-OH is 3. The van der Waals surface area contributed by atoms with Gasteiger partial charge < -0.3 is 24.8 Å². The van der Waals surface area contributed by atoms with Crippen molar-refractivity contribution in [3.05, 3.63) is 0 Å². The molecule has 0 aliphatic carbocycles. The molecule has 0 bridgehead atoms. The number of fused-ring (bicyclic) bond motifs is 1. The van der Waals surface area contributed by atoms with E-state index in [4.69, 9.17) is 19.7 Å². The molecule has 11 heavy (non-hydrogen) atoms. The van der Waals surface area contributed by atoms with Crippen molar-refractivity contribution in [2.75, 3.05) is 6.61 Å². The highest BCUT2D eigenvalue weighted by molar-refractivity contribution is 4.99. The van der Waals surface area contributed by atoms with Crippen molar-refractivity contribution in [1.82, 2.24) is 0 Å². The van der Waals surface area contributed by atoms with E-state index in [1.807, 2.05) is 0 Å². The molecule has 0 radical (unpaired) electrons. The second-order valence-electron chi connectivity index (χ2n) is 2.80. The molecule has 5 heteroatoms. The van der Waals surface area contributed by atoms with E-state index in [0.717, 1.165) is 0 Å². The predicted octanol–water partition coefficient (Wildman–Crippen LogP) is -2.18. The zero-order valence-electron chi connectivity index (χ0n) is 5.75. The van der Waals surface area contributed by atoms with Gasteiger partial charge in [0.2, 0.25) is 0 Å². The molecule has 0 amide bonds. The molecule has 2 aliphatic rings. The fourth-order valence-corrected chi connectivity index (χ4v) is 1.34. The molecule has 0 aromatic heterocycles. The molecule has 2 rings (SSSR count). The summed E-state index contributed by atoms with van der Waals surface area (Å²) in [6.45, 7) is -0.301. The summed E-state index contributed by atoms with van der Waals surface area (Å²) >= 11 is 0. The normalized spacial score (nSPS) is 55.4. The van der Waals surface area contributed by atoms with Crippen LogP contribution in [0, 0.1) is 0 Å². The average Bonchev–Trinajstić information content (AvgIpc) is 2.75. The van der Waals surface area contributed by atoms with Crippen LogP contribution in [-0.2, 0) is 9.47 Å². The summed E-state index contributed by atoms with van der Waals surface area (Å²) in [5, 5.41) is 27.0. The molecule has 64 valence electrons. The minimum absolute atomic E-state index is 0.301. The van der Waals surface area contributed by atoms with E-state index in [1.54, 1.807) is 0 Å². The molecule has 0 saturated carbocycles. The van der Waals surface area contributed by atoms with Crippen LogP contribution in [0.4, 0.5) is 0 Å².